The van der Waals surface area contributed by atoms with Crippen molar-refractivity contribution in [2.75, 3.05) is 48.6 Å². The number of hydrogen-bond donors (Lipinski definition) is 3. The van der Waals surface area contributed by atoms with E-state index in [0.29, 0.717) is 43.4 Å². The summed E-state index contributed by atoms with van der Waals surface area (Å²) >= 11 is 0. The fourth-order valence-electron chi connectivity index (χ4n) is 4.10. The van der Waals surface area contributed by atoms with Crippen molar-refractivity contribution < 1.29 is 22.7 Å². The van der Waals surface area contributed by atoms with Crippen LogP contribution >= 0.6 is 0 Å². The summed E-state index contributed by atoms with van der Waals surface area (Å²) in [5.74, 6) is -0.541. The number of amides is 1. The molecule has 0 bridgehead atoms. The molecule has 1 saturated heterocycles. The molecular weight excluding hydrogens is 497 g/mol. The summed E-state index contributed by atoms with van der Waals surface area (Å²) in [6.07, 6.45) is 0.406. The van der Waals surface area contributed by atoms with Crippen molar-refractivity contribution in [3.63, 3.8) is 0 Å². The number of carbonyl (C=O) groups excluding carboxylic acids is 1. The van der Waals surface area contributed by atoms with Gasteiger partial charge in [-0.3, -0.25) is 14.8 Å². The molecule has 0 saturated carbocycles. The van der Waals surface area contributed by atoms with Crippen LogP contribution in [-0.4, -0.2) is 44.2 Å². The lowest BCUT2D eigenvalue weighted by Crippen LogP contribution is -2.37. The lowest BCUT2D eigenvalue weighted by molar-refractivity contribution is -0.137. The molecule has 0 spiro atoms. The third-order valence-electron chi connectivity index (χ3n) is 6.16. The molecule has 4 N–H and O–H groups in total. The second kappa shape index (κ2) is 11.5. The maximum absolute atomic E-state index is 13.5. The Morgan fingerprint density at radius 2 is 1.89 bits per heavy atom. The second-order valence-electron chi connectivity index (χ2n) is 8.70. The highest BCUT2D eigenvalue weighted by Gasteiger charge is 2.32. The molecule has 0 atom stereocenters. The zero-order valence-electron chi connectivity index (χ0n) is 21.0. The third-order valence-corrected chi connectivity index (χ3v) is 6.16. The van der Waals surface area contributed by atoms with Crippen LogP contribution < -0.4 is 26.4 Å². The Hall–Kier alpha value is -4.09. The van der Waals surface area contributed by atoms with Gasteiger partial charge in [0.2, 0.25) is 0 Å². The molecule has 4 rings (SSSR count). The number of hydrazine groups is 1. The van der Waals surface area contributed by atoms with Crippen LogP contribution in [0.15, 0.2) is 67.1 Å². The van der Waals surface area contributed by atoms with E-state index in [1.54, 1.807) is 54.9 Å². The van der Waals surface area contributed by atoms with Gasteiger partial charge >= 0.3 is 6.18 Å². The molecule has 1 amide bonds. The van der Waals surface area contributed by atoms with E-state index in [-0.39, 0.29) is 11.3 Å². The maximum Gasteiger partial charge on any atom is 0.416 e. The number of nitrogens with zero attached hydrogens (tertiary/aromatic N) is 3. The van der Waals surface area contributed by atoms with E-state index in [2.05, 4.69) is 15.7 Å². The summed E-state index contributed by atoms with van der Waals surface area (Å²) < 4.78 is 45.8. The van der Waals surface area contributed by atoms with Gasteiger partial charge in [0.15, 0.2) is 0 Å². The minimum atomic E-state index is -4.55. The first kappa shape index (κ1) is 27.0. The van der Waals surface area contributed by atoms with Crippen LogP contribution in [0.3, 0.4) is 0 Å². The first-order valence-electron chi connectivity index (χ1n) is 12.0. The monoisotopic (exact) mass is 526 g/mol. The Labute approximate surface area is 218 Å². The maximum atomic E-state index is 13.5. The summed E-state index contributed by atoms with van der Waals surface area (Å²) in [5, 5.41) is 4.36. The van der Waals surface area contributed by atoms with Crippen LogP contribution in [0.4, 0.5) is 30.2 Å². The van der Waals surface area contributed by atoms with Crippen molar-refractivity contribution >= 4 is 28.7 Å². The first-order chi connectivity index (χ1) is 18.2. The standard InChI is InChI=1S/C27H29F3N6O2/c1-18-5-6-19(14-25(18)36(32-2)17-22(31)20-4-3-9-33-16-20)26(37)34-23-15-21(27(28,29)30)7-8-24(23)35-10-12-38-13-11-35/h3-9,14-17,32H,10-13,31H2,1-2H3,(H,34,37)/b22-17-. The number of aryl methyl sites for hydroxylation is 1. The van der Waals surface area contributed by atoms with Crippen molar-refractivity contribution in [1.29, 1.82) is 0 Å². The number of pyridine rings is 1. The normalized spacial score (nSPS) is 14.3. The van der Waals surface area contributed by atoms with E-state index in [1.807, 2.05) is 17.9 Å². The van der Waals surface area contributed by atoms with E-state index in [1.165, 1.54) is 6.07 Å². The zero-order chi connectivity index (χ0) is 27.3. The van der Waals surface area contributed by atoms with Gasteiger partial charge in [0.25, 0.3) is 5.91 Å². The second-order valence-corrected chi connectivity index (χ2v) is 8.70. The first-order valence-corrected chi connectivity index (χ1v) is 12.0. The van der Waals surface area contributed by atoms with E-state index < -0.39 is 17.6 Å². The predicted molar refractivity (Wildman–Crippen MR) is 142 cm³/mol. The topological polar surface area (TPSA) is 95.8 Å². The zero-order valence-corrected chi connectivity index (χ0v) is 21.0. The molecule has 1 aromatic heterocycles. The van der Waals surface area contributed by atoms with Crippen LogP contribution in [0.5, 0.6) is 0 Å². The summed E-state index contributed by atoms with van der Waals surface area (Å²) in [7, 11) is 1.70. The summed E-state index contributed by atoms with van der Waals surface area (Å²) in [5.41, 5.74) is 12.0. The van der Waals surface area contributed by atoms with Gasteiger partial charge in [-0.1, -0.05) is 6.07 Å². The van der Waals surface area contributed by atoms with Crippen molar-refractivity contribution in [1.82, 2.24) is 10.4 Å². The van der Waals surface area contributed by atoms with Gasteiger partial charge in [0, 0.05) is 49.9 Å². The van der Waals surface area contributed by atoms with Gasteiger partial charge in [-0.2, -0.15) is 13.2 Å². The Morgan fingerprint density at radius 3 is 2.55 bits per heavy atom. The van der Waals surface area contributed by atoms with E-state index in [9.17, 15) is 18.0 Å². The molecule has 2 heterocycles. The van der Waals surface area contributed by atoms with Gasteiger partial charge in [0.1, 0.15) is 0 Å². The molecule has 200 valence electrons. The molecule has 3 aromatic rings. The molecule has 0 radical (unpaired) electrons. The molecule has 38 heavy (non-hydrogen) atoms. The minimum absolute atomic E-state index is 0.0834. The predicted octanol–water partition coefficient (Wildman–Crippen LogP) is 4.40. The van der Waals surface area contributed by atoms with Gasteiger partial charge in [0.05, 0.1) is 41.5 Å². The number of ether oxygens (including phenoxy) is 1. The number of hydrogen-bond acceptors (Lipinski definition) is 7. The van der Waals surface area contributed by atoms with E-state index in [4.69, 9.17) is 10.5 Å². The van der Waals surface area contributed by atoms with E-state index >= 15 is 0 Å². The van der Waals surface area contributed by atoms with Crippen LogP contribution in [-0.2, 0) is 10.9 Å². The molecular formula is C27H29F3N6O2. The minimum Gasteiger partial charge on any atom is -0.397 e. The number of benzene rings is 2. The van der Waals surface area contributed by atoms with Crippen LogP contribution in [0.2, 0.25) is 0 Å². The lowest BCUT2D eigenvalue weighted by atomic mass is 10.1. The quantitative estimate of drug-likeness (QED) is 0.393. The molecule has 11 heteroatoms. The van der Waals surface area contributed by atoms with Crippen molar-refractivity contribution in [2.45, 2.75) is 13.1 Å². The summed E-state index contributed by atoms with van der Waals surface area (Å²) in [6.45, 7) is 3.78. The number of anilines is 3. The van der Waals surface area contributed by atoms with Crippen molar-refractivity contribution in [2.24, 2.45) is 5.73 Å². The average molecular weight is 527 g/mol. The number of rotatable bonds is 7. The smallest absolute Gasteiger partial charge is 0.397 e. The average Bonchev–Trinajstić information content (AvgIpc) is 2.92. The number of morpholine rings is 1. The SMILES string of the molecule is CNN(/C=C(\N)c1cccnc1)c1cc(C(=O)Nc2cc(C(F)(F)F)ccc2N2CCOCC2)ccc1C. The van der Waals surface area contributed by atoms with Gasteiger partial charge in [-0.15, -0.1) is 0 Å². The highest BCUT2D eigenvalue weighted by atomic mass is 19.4. The summed E-state index contributed by atoms with van der Waals surface area (Å²) in [4.78, 5) is 19.3. The number of carbonyl (C=O) groups is 1. The molecule has 2 aromatic carbocycles. The number of nitrogens with two attached hydrogens (primary N) is 1. The Balaban J connectivity index is 1.65. The third kappa shape index (κ3) is 6.24. The Bertz CT molecular complexity index is 1310. The van der Waals surface area contributed by atoms with Crippen LogP contribution in [0, 0.1) is 6.92 Å². The molecule has 8 nitrogen and oxygen atoms in total. The van der Waals surface area contributed by atoms with Gasteiger partial charge < -0.3 is 20.7 Å². The molecule has 1 aliphatic heterocycles. The van der Waals surface area contributed by atoms with E-state index in [0.717, 1.165) is 23.3 Å². The van der Waals surface area contributed by atoms with Crippen LogP contribution in [0.1, 0.15) is 27.0 Å². The molecule has 1 fully saturated rings. The molecule has 1 aliphatic rings. The molecule has 0 unspecified atom stereocenters. The highest BCUT2D eigenvalue weighted by Crippen LogP contribution is 2.36. The number of aromatic nitrogens is 1. The van der Waals surface area contributed by atoms with Crippen molar-refractivity contribution in [3.8, 4) is 0 Å². The lowest BCUT2D eigenvalue weighted by Gasteiger charge is -2.31. The fourth-order valence-corrected chi connectivity index (χ4v) is 4.10. The van der Waals surface area contributed by atoms with Gasteiger partial charge in [-0.05, 0) is 55.0 Å². The number of halogens is 3. The molecule has 0 aliphatic carbocycles. The van der Waals surface area contributed by atoms with Crippen LogP contribution in [0.25, 0.3) is 5.70 Å². The number of alkyl halides is 3. The summed E-state index contributed by atoms with van der Waals surface area (Å²) in [6, 6.07) is 12.0. The Morgan fingerprint density at radius 1 is 1.13 bits per heavy atom. The fraction of sp³-hybridized carbons (Fsp3) is 0.259. The van der Waals surface area contributed by atoms with Crippen molar-refractivity contribution in [3.05, 3.63) is 89.4 Å². The number of nitrogens with one attached hydrogen (secondary N) is 2. The Kier molecular flexibility index (Phi) is 8.18. The van der Waals surface area contributed by atoms with Gasteiger partial charge in [-0.25, -0.2) is 5.43 Å². The largest absolute Gasteiger partial charge is 0.416 e. The highest BCUT2D eigenvalue weighted by molar-refractivity contribution is 6.06.